The first-order valence-electron chi connectivity index (χ1n) is 17.1. The van der Waals surface area contributed by atoms with Gasteiger partial charge in [-0.2, -0.15) is 0 Å². The maximum atomic E-state index is 14.3. The topological polar surface area (TPSA) is 73.9 Å². The average Bonchev–Trinajstić information content (AvgIpc) is 3.65. The lowest BCUT2D eigenvalue weighted by Crippen LogP contribution is -3.00. The second-order valence-corrected chi connectivity index (χ2v) is 13.3. The maximum absolute atomic E-state index is 14.3. The third kappa shape index (κ3) is 5.83. The summed E-state index contributed by atoms with van der Waals surface area (Å²) in [6.07, 6.45) is 1.13. The van der Waals surface area contributed by atoms with Gasteiger partial charge in [-0.3, -0.25) is 9.59 Å². The van der Waals surface area contributed by atoms with Gasteiger partial charge in [-0.1, -0.05) is 60.7 Å². The number of benzene rings is 5. The van der Waals surface area contributed by atoms with E-state index in [0.717, 1.165) is 45.3 Å². The molecule has 0 spiro atoms. The van der Waals surface area contributed by atoms with Crippen LogP contribution in [0.2, 0.25) is 0 Å². The van der Waals surface area contributed by atoms with Gasteiger partial charge < -0.3 is 36.1 Å². The quantitative estimate of drug-likeness (QED) is 0.165. The molecule has 0 fully saturated rings. The van der Waals surface area contributed by atoms with Gasteiger partial charge in [0.15, 0.2) is 29.1 Å². The van der Waals surface area contributed by atoms with Crippen LogP contribution in [-0.4, -0.2) is 44.1 Å². The van der Waals surface area contributed by atoms with Gasteiger partial charge in [0.25, 0.3) is 5.82 Å². The number of hydrogen-bond acceptors (Lipinski definition) is 5. The molecular formula is C42H40BrN3O5. The summed E-state index contributed by atoms with van der Waals surface area (Å²) in [7, 11) is 4.98. The Kier molecular flexibility index (Phi) is 9.33. The van der Waals surface area contributed by atoms with Gasteiger partial charge in [0.1, 0.15) is 5.75 Å². The van der Waals surface area contributed by atoms with Gasteiger partial charge in [-0.05, 0) is 76.2 Å². The monoisotopic (exact) mass is 745 g/mol. The van der Waals surface area contributed by atoms with Crippen molar-refractivity contribution in [3.05, 3.63) is 125 Å². The summed E-state index contributed by atoms with van der Waals surface area (Å²) in [5.41, 5.74) is 7.01. The van der Waals surface area contributed by atoms with Crippen molar-refractivity contribution in [1.82, 2.24) is 4.57 Å². The molecule has 0 saturated carbocycles. The van der Waals surface area contributed by atoms with Gasteiger partial charge in [0.2, 0.25) is 11.7 Å². The molecule has 1 aromatic heterocycles. The molecule has 8 rings (SSSR count). The number of ether oxygens (including phenoxy) is 3. The number of para-hydroxylation sites is 3. The summed E-state index contributed by atoms with van der Waals surface area (Å²) in [6.45, 7) is 3.30. The zero-order chi connectivity index (χ0) is 34.5. The van der Waals surface area contributed by atoms with Gasteiger partial charge in [0.05, 0.1) is 40.0 Å². The first-order chi connectivity index (χ1) is 24.4. The minimum absolute atomic E-state index is 0. The molecule has 0 radical (unpaired) electrons. The van der Waals surface area contributed by atoms with Crippen LogP contribution in [0.3, 0.4) is 0 Å². The van der Waals surface area contributed by atoms with E-state index in [9.17, 15) is 9.59 Å². The van der Waals surface area contributed by atoms with E-state index >= 15 is 0 Å². The number of fused-ring (bicyclic) bond motifs is 7. The molecule has 9 heteroatoms. The molecule has 1 aliphatic carbocycles. The van der Waals surface area contributed by atoms with E-state index in [1.807, 2.05) is 78.6 Å². The minimum Gasteiger partial charge on any atom is -1.00 e. The highest BCUT2D eigenvalue weighted by atomic mass is 79.9. The molecule has 0 saturated heterocycles. The molecule has 2 heterocycles. The molecule has 2 aliphatic rings. The predicted octanol–water partition coefficient (Wildman–Crippen LogP) is 4.04. The summed E-state index contributed by atoms with van der Waals surface area (Å²) in [5.74, 6) is 3.46. The molecule has 6 aromatic rings. The number of carbonyl (C=O) groups excluding carboxylic acids is 2. The number of rotatable bonds is 9. The molecule has 0 unspecified atom stereocenters. The summed E-state index contributed by atoms with van der Waals surface area (Å²) >= 11 is 0. The van der Waals surface area contributed by atoms with Gasteiger partial charge in [0, 0.05) is 24.9 Å². The first kappa shape index (κ1) is 34.3. The third-order valence-electron chi connectivity index (χ3n) is 10.7. The number of hydrogen-bond donors (Lipinski definition) is 0. The average molecular weight is 747 g/mol. The molecule has 51 heavy (non-hydrogen) atoms. The smallest absolute Gasteiger partial charge is 0.254 e. The molecule has 1 amide bonds. The SMILES string of the molecule is COc1cc2c(cc1OC)[C@@H]1c3cccc(OC)c3N(C(=O)CCn3c(C)[n+](CC(=O)c4ccc5ccccc5c4)c4ccccc43)C[C@@H]1C2.[Br-]. The van der Waals surface area contributed by atoms with Gasteiger partial charge >= 0.3 is 0 Å². The number of Topliss-reactive ketones (excluding diaryl/α,β-unsaturated/α-hetero) is 1. The van der Waals surface area contributed by atoms with E-state index < -0.39 is 0 Å². The fourth-order valence-corrected chi connectivity index (χ4v) is 8.28. The number of amides is 1. The number of imidazole rings is 1. The van der Waals surface area contributed by atoms with Crippen molar-refractivity contribution in [3.63, 3.8) is 0 Å². The molecule has 0 N–H and O–H groups in total. The Balaban J connectivity index is 0.00000406. The largest absolute Gasteiger partial charge is 1.00 e. The van der Waals surface area contributed by atoms with E-state index in [2.05, 4.69) is 39.5 Å². The van der Waals surface area contributed by atoms with E-state index in [1.54, 1.807) is 21.3 Å². The van der Waals surface area contributed by atoms with Crippen LogP contribution < -0.4 is 40.7 Å². The number of aryl methyl sites for hydroxylation is 1. The first-order valence-corrected chi connectivity index (χ1v) is 17.1. The van der Waals surface area contributed by atoms with Crippen molar-refractivity contribution >= 4 is 39.2 Å². The Bertz CT molecular complexity index is 2310. The van der Waals surface area contributed by atoms with E-state index in [1.165, 1.54) is 11.1 Å². The molecule has 0 bridgehead atoms. The van der Waals surface area contributed by atoms with Gasteiger partial charge in [-0.25, -0.2) is 9.13 Å². The molecule has 260 valence electrons. The molecule has 2 atom stereocenters. The highest BCUT2D eigenvalue weighted by molar-refractivity contribution is 5.99. The zero-order valence-corrected chi connectivity index (χ0v) is 30.8. The number of carbonyl (C=O) groups is 2. The Morgan fingerprint density at radius 1 is 0.784 bits per heavy atom. The summed E-state index contributed by atoms with van der Waals surface area (Å²) in [5, 5.41) is 2.15. The van der Waals surface area contributed by atoms with Crippen molar-refractivity contribution in [2.45, 2.75) is 38.8 Å². The van der Waals surface area contributed by atoms with Crippen molar-refractivity contribution in [2.24, 2.45) is 5.92 Å². The Hall–Kier alpha value is -5.15. The minimum atomic E-state index is 0. The summed E-state index contributed by atoms with van der Waals surface area (Å²) in [4.78, 5) is 29.9. The van der Waals surface area contributed by atoms with Crippen LogP contribution >= 0.6 is 0 Å². The predicted molar refractivity (Wildman–Crippen MR) is 194 cm³/mol. The molecule has 5 aromatic carbocycles. The van der Waals surface area contributed by atoms with E-state index in [0.29, 0.717) is 42.3 Å². The number of halogens is 1. The van der Waals surface area contributed by atoms with E-state index in [-0.39, 0.29) is 47.1 Å². The summed E-state index contributed by atoms with van der Waals surface area (Å²) < 4.78 is 21.4. The number of ketones is 1. The van der Waals surface area contributed by atoms with Crippen LogP contribution in [0.15, 0.2) is 97.1 Å². The zero-order valence-electron chi connectivity index (χ0n) is 29.2. The Labute approximate surface area is 307 Å². The van der Waals surface area contributed by atoms with Crippen LogP contribution in [0.5, 0.6) is 17.2 Å². The maximum Gasteiger partial charge on any atom is 0.254 e. The van der Waals surface area contributed by atoms with Crippen LogP contribution in [0.4, 0.5) is 5.69 Å². The lowest BCUT2D eigenvalue weighted by atomic mass is 9.81. The second-order valence-electron chi connectivity index (χ2n) is 13.3. The van der Waals surface area contributed by atoms with Crippen molar-refractivity contribution < 1.29 is 45.3 Å². The van der Waals surface area contributed by atoms with Crippen LogP contribution in [0, 0.1) is 12.8 Å². The number of aromatic nitrogens is 2. The number of anilines is 1. The summed E-state index contributed by atoms with van der Waals surface area (Å²) in [6, 6.07) is 32.3. The van der Waals surface area contributed by atoms with Crippen molar-refractivity contribution in [1.29, 1.82) is 0 Å². The molecule has 8 nitrogen and oxygen atoms in total. The molecule has 1 aliphatic heterocycles. The van der Waals surface area contributed by atoms with Crippen molar-refractivity contribution in [3.8, 4) is 17.2 Å². The lowest BCUT2D eigenvalue weighted by molar-refractivity contribution is -0.664. The van der Waals surface area contributed by atoms with Gasteiger partial charge in [-0.15, -0.1) is 0 Å². The lowest BCUT2D eigenvalue weighted by Gasteiger charge is -2.38. The fourth-order valence-electron chi connectivity index (χ4n) is 8.28. The highest BCUT2D eigenvalue weighted by Gasteiger charge is 2.43. The Morgan fingerprint density at radius 3 is 2.29 bits per heavy atom. The normalized spacial score (nSPS) is 15.9. The number of nitrogens with zero attached hydrogens (tertiary/aromatic N) is 3. The second kappa shape index (κ2) is 13.9. The van der Waals surface area contributed by atoms with Crippen LogP contribution in [0.1, 0.15) is 45.2 Å². The van der Waals surface area contributed by atoms with Crippen molar-refractivity contribution in [2.75, 3.05) is 32.8 Å². The van der Waals surface area contributed by atoms with Crippen LogP contribution in [0.25, 0.3) is 21.8 Å². The third-order valence-corrected chi connectivity index (χ3v) is 10.7. The standard InChI is InChI=1S/C42H40N3O5.BrH/c1-26-43(34-13-7-8-14-35(34)44(26)25-36(46)29-17-16-27-10-5-6-11-28(27)20-29)19-18-40(47)45-24-31-21-30-22-38(49-3)39(50-4)23-33(30)41(31)32-12-9-15-37(48-2)42(32)45;/h5-17,20,22-23,31,41H,18-19,21,24-25H2,1-4H3;1H/q+1;/p-1/t31-,41-;/m0./s1. The van der Waals surface area contributed by atoms with E-state index in [4.69, 9.17) is 14.2 Å². The van der Waals surface area contributed by atoms with Crippen LogP contribution in [-0.2, 0) is 24.3 Å². The molecular weight excluding hydrogens is 706 g/mol. The number of methoxy groups -OCH3 is 3. The highest BCUT2D eigenvalue weighted by Crippen LogP contribution is 2.53. The fraction of sp³-hybridized carbons (Fsp3) is 0.262. The Morgan fingerprint density at radius 2 is 1.51 bits per heavy atom.